The smallest absolute Gasteiger partial charge is 0.326 e. The molecular weight excluding hydrogens is 363 g/mol. The second-order valence-corrected chi connectivity index (χ2v) is 6.68. The third-order valence-electron chi connectivity index (χ3n) is 4.83. The maximum Gasteiger partial charge on any atom is 0.326 e. The summed E-state index contributed by atoms with van der Waals surface area (Å²) in [5.41, 5.74) is 2.88. The number of amides is 1. The predicted octanol–water partition coefficient (Wildman–Crippen LogP) is 3.06. The summed E-state index contributed by atoms with van der Waals surface area (Å²) >= 11 is 0. The number of oxazole rings is 1. The van der Waals surface area contributed by atoms with Crippen molar-refractivity contribution < 1.29 is 23.5 Å². The molecule has 0 radical (unpaired) electrons. The first-order valence-electron chi connectivity index (χ1n) is 8.80. The van der Waals surface area contributed by atoms with Gasteiger partial charge in [-0.25, -0.2) is 14.2 Å². The molecule has 2 heterocycles. The quantitative estimate of drug-likeness (QED) is 0.752. The number of halogens is 1. The van der Waals surface area contributed by atoms with E-state index in [1.54, 1.807) is 0 Å². The van der Waals surface area contributed by atoms with Crippen molar-refractivity contribution in [3.63, 3.8) is 0 Å². The molecule has 28 heavy (non-hydrogen) atoms. The van der Waals surface area contributed by atoms with Crippen LogP contribution >= 0.6 is 0 Å². The number of fused-ring (bicyclic) bond motifs is 1. The molecule has 6 nitrogen and oxygen atoms in total. The van der Waals surface area contributed by atoms with Gasteiger partial charge < -0.3 is 14.4 Å². The van der Waals surface area contributed by atoms with Crippen molar-refractivity contribution >= 4 is 11.9 Å². The van der Waals surface area contributed by atoms with Crippen LogP contribution in [0.2, 0.25) is 0 Å². The number of carbonyl (C=O) groups is 2. The monoisotopic (exact) mass is 380 g/mol. The normalized spacial score (nSPS) is 15.9. The van der Waals surface area contributed by atoms with Crippen LogP contribution in [-0.2, 0) is 29.0 Å². The number of carboxylic acids is 1. The Kier molecular flexibility index (Phi) is 4.65. The van der Waals surface area contributed by atoms with Crippen LogP contribution in [0.3, 0.4) is 0 Å². The van der Waals surface area contributed by atoms with E-state index >= 15 is 0 Å². The van der Waals surface area contributed by atoms with Crippen molar-refractivity contribution in [3.8, 4) is 11.5 Å². The predicted molar refractivity (Wildman–Crippen MR) is 97.7 cm³/mol. The number of benzene rings is 2. The fraction of sp³-hybridized carbons (Fsp3) is 0.190. The summed E-state index contributed by atoms with van der Waals surface area (Å²) in [5, 5.41) is 9.57. The molecule has 4 rings (SSSR count). The summed E-state index contributed by atoms with van der Waals surface area (Å²) in [7, 11) is 0. The number of rotatable bonds is 4. The van der Waals surface area contributed by atoms with Gasteiger partial charge in [-0.1, -0.05) is 24.3 Å². The Bertz CT molecular complexity index is 1030. The van der Waals surface area contributed by atoms with E-state index in [2.05, 4.69) is 4.98 Å². The molecule has 7 heteroatoms. The summed E-state index contributed by atoms with van der Waals surface area (Å²) in [5.74, 6) is -1.45. The molecule has 1 aromatic heterocycles. The topological polar surface area (TPSA) is 83.6 Å². The average molecular weight is 380 g/mol. The molecule has 0 aliphatic carbocycles. The van der Waals surface area contributed by atoms with E-state index in [0.717, 1.165) is 11.1 Å². The summed E-state index contributed by atoms with van der Waals surface area (Å²) < 4.78 is 18.4. The first-order chi connectivity index (χ1) is 13.5. The molecule has 1 amide bonds. The van der Waals surface area contributed by atoms with E-state index in [9.17, 15) is 19.1 Å². The second-order valence-electron chi connectivity index (χ2n) is 6.68. The van der Waals surface area contributed by atoms with Gasteiger partial charge in [0.05, 0.1) is 12.1 Å². The number of aromatic nitrogens is 1. The van der Waals surface area contributed by atoms with Crippen molar-refractivity contribution in [3.05, 3.63) is 77.4 Å². The average Bonchev–Trinajstić information content (AvgIpc) is 3.15. The Morgan fingerprint density at radius 2 is 1.86 bits per heavy atom. The molecule has 3 aromatic rings. The highest BCUT2D eigenvalue weighted by atomic mass is 19.1. The van der Waals surface area contributed by atoms with Gasteiger partial charge in [0.2, 0.25) is 11.8 Å². The summed E-state index contributed by atoms with van der Waals surface area (Å²) in [6.45, 7) is 0.245. The first-order valence-corrected chi connectivity index (χ1v) is 8.80. The highest BCUT2D eigenvalue weighted by Gasteiger charge is 2.34. The summed E-state index contributed by atoms with van der Waals surface area (Å²) in [4.78, 5) is 30.2. The Morgan fingerprint density at radius 3 is 2.57 bits per heavy atom. The van der Waals surface area contributed by atoms with E-state index in [0.29, 0.717) is 11.3 Å². The van der Waals surface area contributed by atoms with Gasteiger partial charge in [-0.3, -0.25) is 4.79 Å². The fourth-order valence-corrected chi connectivity index (χ4v) is 3.38. The van der Waals surface area contributed by atoms with Crippen molar-refractivity contribution in [2.24, 2.45) is 0 Å². The lowest BCUT2D eigenvalue weighted by molar-refractivity contribution is -0.151. The van der Waals surface area contributed by atoms with Crippen LogP contribution in [-0.4, -0.2) is 32.9 Å². The number of carbonyl (C=O) groups excluding carboxylic acids is 1. The van der Waals surface area contributed by atoms with E-state index in [1.807, 2.05) is 24.3 Å². The molecule has 0 saturated heterocycles. The Morgan fingerprint density at radius 1 is 1.14 bits per heavy atom. The van der Waals surface area contributed by atoms with Gasteiger partial charge in [0.25, 0.3) is 0 Å². The van der Waals surface area contributed by atoms with Crippen LogP contribution in [0.25, 0.3) is 11.5 Å². The molecule has 0 saturated carbocycles. The highest BCUT2D eigenvalue weighted by Crippen LogP contribution is 2.25. The van der Waals surface area contributed by atoms with Gasteiger partial charge in [0.15, 0.2) is 0 Å². The number of aliphatic carboxylic acids is 1. The van der Waals surface area contributed by atoms with E-state index in [-0.39, 0.29) is 37.0 Å². The van der Waals surface area contributed by atoms with Gasteiger partial charge in [-0.05, 0) is 35.4 Å². The van der Waals surface area contributed by atoms with Crippen LogP contribution < -0.4 is 0 Å². The molecule has 0 bridgehead atoms. The van der Waals surface area contributed by atoms with Gasteiger partial charge >= 0.3 is 5.97 Å². The van der Waals surface area contributed by atoms with Crippen LogP contribution in [0.1, 0.15) is 16.8 Å². The molecule has 1 aliphatic rings. The third kappa shape index (κ3) is 3.51. The van der Waals surface area contributed by atoms with Gasteiger partial charge in [-0.2, -0.15) is 0 Å². The number of hydrogen-bond donors (Lipinski definition) is 1. The lowest BCUT2D eigenvalue weighted by Gasteiger charge is -2.34. The Balaban J connectivity index is 1.53. The SMILES string of the molecule is O=C(O)C1Cc2ccccc2CN1C(=O)Cc1coc(-c2ccc(F)cc2)n1. The van der Waals surface area contributed by atoms with E-state index in [1.165, 1.54) is 35.4 Å². The number of carboxylic acid groups (broad SMARTS) is 1. The van der Waals surface area contributed by atoms with E-state index < -0.39 is 12.0 Å². The molecule has 0 spiro atoms. The third-order valence-corrected chi connectivity index (χ3v) is 4.83. The van der Waals surface area contributed by atoms with Crippen LogP contribution in [0, 0.1) is 5.82 Å². The molecule has 1 aliphatic heterocycles. The molecule has 1 N–H and O–H groups in total. The van der Waals surface area contributed by atoms with Crippen molar-refractivity contribution in [1.82, 2.24) is 9.88 Å². The first kappa shape index (κ1) is 17.9. The standard InChI is InChI=1S/C21H17FN2O4/c22-16-7-5-13(6-8-16)20-23-17(12-28-20)10-19(25)24-11-15-4-2-1-3-14(15)9-18(24)21(26)27/h1-8,12,18H,9-11H2,(H,26,27). The molecule has 2 aromatic carbocycles. The zero-order valence-electron chi connectivity index (χ0n) is 14.8. The van der Waals surface area contributed by atoms with Gasteiger partial charge in [0.1, 0.15) is 18.1 Å². The molecule has 1 atom stereocenters. The van der Waals surface area contributed by atoms with Crippen molar-refractivity contribution in [2.75, 3.05) is 0 Å². The summed E-state index contributed by atoms with van der Waals surface area (Å²) in [6, 6.07) is 12.3. The van der Waals surface area contributed by atoms with Gasteiger partial charge in [0, 0.05) is 18.5 Å². The zero-order valence-corrected chi connectivity index (χ0v) is 14.8. The fourth-order valence-electron chi connectivity index (χ4n) is 3.38. The maximum atomic E-state index is 13.0. The highest BCUT2D eigenvalue weighted by molar-refractivity contribution is 5.85. The molecular formula is C21H17FN2O4. The second kappa shape index (κ2) is 7.26. The zero-order chi connectivity index (χ0) is 19.7. The molecule has 1 unspecified atom stereocenters. The van der Waals surface area contributed by atoms with Crippen LogP contribution in [0.4, 0.5) is 4.39 Å². The number of hydrogen-bond acceptors (Lipinski definition) is 4. The Labute approximate surface area is 160 Å². The lowest BCUT2D eigenvalue weighted by Crippen LogP contribution is -2.49. The van der Waals surface area contributed by atoms with Crippen LogP contribution in [0.5, 0.6) is 0 Å². The van der Waals surface area contributed by atoms with E-state index in [4.69, 9.17) is 4.42 Å². The van der Waals surface area contributed by atoms with Crippen molar-refractivity contribution in [1.29, 1.82) is 0 Å². The minimum atomic E-state index is -1.03. The Hall–Kier alpha value is -3.48. The molecule has 0 fully saturated rings. The maximum absolute atomic E-state index is 13.0. The molecule has 142 valence electrons. The largest absolute Gasteiger partial charge is 0.480 e. The minimum absolute atomic E-state index is 0.0728. The summed E-state index contributed by atoms with van der Waals surface area (Å²) in [6.07, 6.45) is 1.57. The van der Waals surface area contributed by atoms with Gasteiger partial charge in [-0.15, -0.1) is 0 Å². The minimum Gasteiger partial charge on any atom is -0.480 e. The lowest BCUT2D eigenvalue weighted by atomic mass is 9.93. The van der Waals surface area contributed by atoms with Crippen LogP contribution in [0.15, 0.2) is 59.2 Å². The number of nitrogens with zero attached hydrogens (tertiary/aromatic N) is 2. The van der Waals surface area contributed by atoms with Crippen molar-refractivity contribution in [2.45, 2.75) is 25.4 Å².